The third-order valence-corrected chi connectivity index (χ3v) is 4.63. The fourth-order valence-electron chi connectivity index (χ4n) is 2.95. The van der Waals surface area contributed by atoms with Gasteiger partial charge in [0.25, 0.3) is 5.91 Å². The maximum atomic E-state index is 12.9. The molecule has 0 radical (unpaired) electrons. The Morgan fingerprint density at radius 2 is 1.81 bits per heavy atom. The molecule has 0 fully saturated rings. The number of hydrogen-bond donors (Lipinski definition) is 1. The van der Waals surface area contributed by atoms with Gasteiger partial charge < -0.3 is 5.11 Å². The number of anilines is 1. The van der Waals surface area contributed by atoms with E-state index in [4.69, 9.17) is 11.6 Å². The van der Waals surface area contributed by atoms with Gasteiger partial charge in [-0.05, 0) is 53.6 Å². The Balaban J connectivity index is 1.71. The van der Waals surface area contributed by atoms with Crippen LogP contribution in [0.25, 0.3) is 16.8 Å². The SMILES string of the molecule is CC1=NN(c2ccc3ccccc3c2)C(=O)C1=Cc1ccc(O)c(Cl)c1. The zero-order valence-electron chi connectivity index (χ0n) is 14.0. The summed E-state index contributed by atoms with van der Waals surface area (Å²) in [5.41, 5.74) is 2.58. The molecule has 4 nitrogen and oxygen atoms in total. The highest BCUT2D eigenvalue weighted by atomic mass is 35.5. The van der Waals surface area contributed by atoms with Crippen LogP contribution in [0, 0.1) is 0 Å². The van der Waals surface area contributed by atoms with Gasteiger partial charge in [0, 0.05) is 0 Å². The van der Waals surface area contributed by atoms with Crippen LogP contribution in [0.2, 0.25) is 5.02 Å². The van der Waals surface area contributed by atoms with Crippen molar-refractivity contribution in [1.29, 1.82) is 0 Å². The molecule has 3 aromatic rings. The molecule has 0 aliphatic carbocycles. The molecule has 1 N–H and O–H groups in total. The van der Waals surface area contributed by atoms with E-state index in [0.29, 0.717) is 11.3 Å². The van der Waals surface area contributed by atoms with Gasteiger partial charge in [0.1, 0.15) is 5.75 Å². The maximum Gasteiger partial charge on any atom is 0.280 e. The highest BCUT2D eigenvalue weighted by Crippen LogP contribution is 2.29. The van der Waals surface area contributed by atoms with Crippen LogP contribution in [0.4, 0.5) is 5.69 Å². The van der Waals surface area contributed by atoms with Crippen LogP contribution in [0.15, 0.2) is 71.3 Å². The van der Waals surface area contributed by atoms with E-state index < -0.39 is 0 Å². The van der Waals surface area contributed by atoms with Crippen molar-refractivity contribution in [2.75, 3.05) is 5.01 Å². The summed E-state index contributed by atoms with van der Waals surface area (Å²) in [5, 5.41) is 17.8. The van der Waals surface area contributed by atoms with Crippen molar-refractivity contribution in [2.45, 2.75) is 6.92 Å². The van der Waals surface area contributed by atoms with Gasteiger partial charge in [-0.15, -0.1) is 0 Å². The Morgan fingerprint density at radius 3 is 2.58 bits per heavy atom. The number of hydrogen-bond acceptors (Lipinski definition) is 3. The molecule has 0 unspecified atom stereocenters. The summed E-state index contributed by atoms with van der Waals surface area (Å²) in [6, 6.07) is 18.6. The summed E-state index contributed by atoms with van der Waals surface area (Å²) in [4.78, 5) is 12.9. The molecule has 3 aromatic carbocycles. The normalized spacial score (nSPS) is 15.8. The predicted octanol–water partition coefficient (Wildman–Crippen LogP) is 5.00. The van der Waals surface area contributed by atoms with Gasteiger partial charge in [-0.25, -0.2) is 0 Å². The molecule has 0 bridgehead atoms. The summed E-state index contributed by atoms with van der Waals surface area (Å²) in [6.07, 6.45) is 1.73. The molecule has 0 saturated heterocycles. The molecule has 1 aliphatic heterocycles. The second kappa shape index (κ2) is 6.32. The third-order valence-electron chi connectivity index (χ3n) is 4.32. The summed E-state index contributed by atoms with van der Waals surface area (Å²) >= 11 is 5.95. The average Bonchev–Trinajstić information content (AvgIpc) is 2.92. The number of carbonyl (C=O) groups is 1. The van der Waals surface area contributed by atoms with Crippen LogP contribution in [0.1, 0.15) is 12.5 Å². The zero-order chi connectivity index (χ0) is 18.3. The number of aromatic hydroxyl groups is 1. The van der Waals surface area contributed by atoms with Crippen LogP contribution >= 0.6 is 11.6 Å². The van der Waals surface area contributed by atoms with Gasteiger partial charge in [0.05, 0.1) is 22.0 Å². The Morgan fingerprint density at radius 1 is 1.04 bits per heavy atom. The zero-order valence-corrected chi connectivity index (χ0v) is 14.7. The molecule has 5 heteroatoms. The van der Waals surface area contributed by atoms with E-state index in [2.05, 4.69) is 5.10 Å². The van der Waals surface area contributed by atoms with Gasteiger partial charge in [-0.1, -0.05) is 48.0 Å². The highest BCUT2D eigenvalue weighted by molar-refractivity contribution is 6.33. The number of hydrazone groups is 1. The van der Waals surface area contributed by atoms with E-state index in [1.807, 2.05) is 42.5 Å². The molecule has 0 aromatic heterocycles. The Labute approximate surface area is 155 Å². The lowest BCUT2D eigenvalue weighted by atomic mass is 10.1. The number of halogens is 1. The van der Waals surface area contributed by atoms with Gasteiger partial charge >= 0.3 is 0 Å². The van der Waals surface area contributed by atoms with E-state index in [0.717, 1.165) is 22.0 Å². The van der Waals surface area contributed by atoms with Crippen LogP contribution in [0.5, 0.6) is 5.75 Å². The van der Waals surface area contributed by atoms with Crippen molar-refractivity contribution in [3.05, 3.63) is 76.8 Å². The standard InChI is InChI=1S/C21H15ClN2O2/c1-13-18(10-14-6-9-20(25)19(22)11-14)21(26)24(23-13)17-8-7-15-4-2-3-5-16(15)12-17/h2-12,25H,1H3. The van der Waals surface area contributed by atoms with Crippen molar-refractivity contribution < 1.29 is 9.90 Å². The number of rotatable bonds is 2. The second-order valence-electron chi connectivity index (χ2n) is 6.10. The lowest BCUT2D eigenvalue weighted by molar-refractivity contribution is -0.114. The number of carbonyl (C=O) groups excluding carboxylic acids is 1. The first-order valence-electron chi connectivity index (χ1n) is 8.12. The summed E-state index contributed by atoms with van der Waals surface area (Å²) in [7, 11) is 0. The molecular weight excluding hydrogens is 348 g/mol. The predicted molar refractivity (Wildman–Crippen MR) is 106 cm³/mol. The second-order valence-corrected chi connectivity index (χ2v) is 6.51. The van der Waals surface area contributed by atoms with E-state index in [1.165, 1.54) is 11.1 Å². The van der Waals surface area contributed by atoms with E-state index in [1.54, 1.807) is 25.1 Å². The number of amides is 1. The molecule has 0 atom stereocenters. The monoisotopic (exact) mass is 362 g/mol. The topological polar surface area (TPSA) is 52.9 Å². The van der Waals surface area contributed by atoms with Crippen LogP contribution in [-0.4, -0.2) is 16.7 Å². The smallest absolute Gasteiger partial charge is 0.280 e. The summed E-state index contributed by atoms with van der Waals surface area (Å²) in [6.45, 7) is 1.80. The van der Waals surface area contributed by atoms with Crippen LogP contribution in [0.3, 0.4) is 0 Å². The molecule has 0 saturated carbocycles. The lowest BCUT2D eigenvalue weighted by Crippen LogP contribution is -2.21. The number of phenolic OH excluding ortho intramolecular Hbond substituents is 1. The fourth-order valence-corrected chi connectivity index (χ4v) is 3.14. The first kappa shape index (κ1) is 16.4. The van der Waals surface area contributed by atoms with Crippen molar-refractivity contribution in [3.8, 4) is 5.75 Å². The Kier molecular flexibility index (Phi) is 3.98. The largest absolute Gasteiger partial charge is 0.506 e. The quantitative estimate of drug-likeness (QED) is 0.652. The van der Waals surface area contributed by atoms with Gasteiger partial charge in [-0.2, -0.15) is 10.1 Å². The average molecular weight is 363 g/mol. The van der Waals surface area contributed by atoms with Crippen molar-refractivity contribution in [1.82, 2.24) is 0 Å². The van der Waals surface area contributed by atoms with Crippen molar-refractivity contribution in [2.24, 2.45) is 5.10 Å². The molecule has 1 aliphatic rings. The number of benzene rings is 3. The van der Waals surface area contributed by atoms with Crippen molar-refractivity contribution in [3.63, 3.8) is 0 Å². The third kappa shape index (κ3) is 2.85. The maximum absolute atomic E-state index is 12.9. The molecule has 128 valence electrons. The fraction of sp³-hybridized carbons (Fsp3) is 0.0476. The number of phenols is 1. The lowest BCUT2D eigenvalue weighted by Gasteiger charge is -2.12. The van der Waals surface area contributed by atoms with Gasteiger partial charge in [-0.3, -0.25) is 4.79 Å². The molecular formula is C21H15ClN2O2. The van der Waals surface area contributed by atoms with Crippen LogP contribution < -0.4 is 5.01 Å². The minimum atomic E-state index is -0.193. The minimum absolute atomic E-state index is 0.00902. The first-order chi connectivity index (χ1) is 12.5. The molecule has 26 heavy (non-hydrogen) atoms. The van der Waals surface area contributed by atoms with Crippen LogP contribution in [-0.2, 0) is 4.79 Å². The first-order valence-corrected chi connectivity index (χ1v) is 8.50. The van der Waals surface area contributed by atoms with E-state index in [-0.39, 0.29) is 16.7 Å². The van der Waals surface area contributed by atoms with Crippen molar-refractivity contribution >= 4 is 45.8 Å². The molecule has 1 amide bonds. The number of nitrogens with zero attached hydrogens (tertiary/aromatic N) is 2. The molecule has 4 rings (SSSR count). The molecule has 0 spiro atoms. The minimum Gasteiger partial charge on any atom is -0.506 e. The van der Waals surface area contributed by atoms with E-state index >= 15 is 0 Å². The molecule has 1 heterocycles. The summed E-state index contributed by atoms with van der Waals surface area (Å²) < 4.78 is 0. The van der Waals surface area contributed by atoms with Gasteiger partial charge in [0.2, 0.25) is 0 Å². The Bertz CT molecular complexity index is 1100. The number of fused-ring (bicyclic) bond motifs is 1. The summed E-state index contributed by atoms with van der Waals surface area (Å²) in [5.74, 6) is -0.184. The van der Waals surface area contributed by atoms with E-state index in [9.17, 15) is 9.90 Å². The highest BCUT2D eigenvalue weighted by Gasteiger charge is 2.28. The van der Waals surface area contributed by atoms with Gasteiger partial charge in [0.15, 0.2) is 0 Å². The Hall–Kier alpha value is -3.11.